The minimum absolute atomic E-state index is 0.257. The topological polar surface area (TPSA) is 60.4 Å². The molecule has 0 aliphatic carbocycles. The van der Waals surface area contributed by atoms with Gasteiger partial charge >= 0.3 is 5.97 Å². The second kappa shape index (κ2) is 5.52. The van der Waals surface area contributed by atoms with Gasteiger partial charge in [0.2, 0.25) is 0 Å². The molecule has 18 heavy (non-hydrogen) atoms. The van der Waals surface area contributed by atoms with Gasteiger partial charge in [-0.3, -0.25) is 0 Å². The smallest absolute Gasteiger partial charge is 0.338 e. The largest absolute Gasteiger partial charge is 0.465 e. The first-order chi connectivity index (χ1) is 8.32. The zero-order valence-electron chi connectivity index (χ0n) is 11.1. The van der Waals surface area contributed by atoms with Crippen molar-refractivity contribution in [2.75, 3.05) is 13.4 Å². The Morgan fingerprint density at radius 1 is 1.33 bits per heavy atom. The van der Waals surface area contributed by atoms with E-state index in [1.807, 2.05) is 6.92 Å². The Hall–Kier alpha value is -1.36. The van der Waals surface area contributed by atoms with Gasteiger partial charge < -0.3 is 4.74 Å². The van der Waals surface area contributed by atoms with Crippen LogP contribution in [0.25, 0.3) is 0 Å². The van der Waals surface area contributed by atoms with Gasteiger partial charge in [0, 0.05) is 6.26 Å². The third kappa shape index (κ3) is 2.90. The quantitative estimate of drug-likeness (QED) is 0.786. The molecule has 1 rings (SSSR count). The van der Waals surface area contributed by atoms with Crippen LogP contribution in [0.5, 0.6) is 0 Å². The van der Waals surface area contributed by atoms with Crippen LogP contribution in [0.4, 0.5) is 0 Å². The molecule has 0 N–H and O–H groups in total. The van der Waals surface area contributed by atoms with E-state index in [1.54, 1.807) is 19.1 Å². The molecule has 0 fully saturated rings. The fourth-order valence-corrected chi connectivity index (χ4v) is 3.37. The Morgan fingerprint density at radius 3 is 2.39 bits per heavy atom. The summed E-state index contributed by atoms with van der Waals surface area (Å²) in [6, 6.07) is 3.27. The standard InChI is InChI=1S/C13H18O4S/c1-5-6-10-11(13(14)17-3)8-7-9(2)12(10)18(4,15)16/h7-8H,5-6H2,1-4H3. The van der Waals surface area contributed by atoms with E-state index >= 15 is 0 Å². The molecule has 0 heterocycles. The highest BCUT2D eigenvalue weighted by molar-refractivity contribution is 7.90. The summed E-state index contributed by atoms with van der Waals surface area (Å²) in [4.78, 5) is 11.9. The number of carbonyl (C=O) groups excluding carboxylic acids is 1. The summed E-state index contributed by atoms with van der Waals surface area (Å²) >= 11 is 0. The van der Waals surface area contributed by atoms with Gasteiger partial charge in [-0.05, 0) is 30.5 Å². The van der Waals surface area contributed by atoms with E-state index in [2.05, 4.69) is 0 Å². The van der Waals surface area contributed by atoms with Crippen LogP contribution < -0.4 is 0 Å². The molecule has 0 aromatic heterocycles. The summed E-state index contributed by atoms with van der Waals surface area (Å²) < 4.78 is 28.4. The normalized spacial score (nSPS) is 11.3. The molecule has 0 unspecified atom stereocenters. The number of benzene rings is 1. The Labute approximate surface area is 108 Å². The van der Waals surface area contributed by atoms with E-state index in [4.69, 9.17) is 4.74 Å². The van der Waals surface area contributed by atoms with Crippen LogP contribution in [-0.2, 0) is 21.0 Å². The van der Waals surface area contributed by atoms with E-state index in [0.29, 0.717) is 23.1 Å². The van der Waals surface area contributed by atoms with Crippen LogP contribution in [0.3, 0.4) is 0 Å². The molecule has 0 aliphatic heterocycles. The van der Waals surface area contributed by atoms with Gasteiger partial charge in [-0.1, -0.05) is 19.4 Å². The van der Waals surface area contributed by atoms with Crippen LogP contribution in [0, 0.1) is 6.92 Å². The first-order valence-electron chi connectivity index (χ1n) is 5.73. The zero-order chi connectivity index (χ0) is 13.9. The number of rotatable bonds is 4. The highest BCUT2D eigenvalue weighted by atomic mass is 32.2. The number of methoxy groups -OCH3 is 1. The summed E-state index contributed by atoms with van der Waals surface area (Å²) in [5, 5.41) is 0. The number of aryl methyl sites for hydroxylation is 1. The van der Waals surface area contributed by atoms with Crippen molar-refractivity contribution < 1.29 is 17.9 Å². The molecule has 0 radical (unpaired) electrons. The van der Waals surface area contributed by atoms with Gasteiger partial charge in [0.1, 0.15) is 0 Å². The Morgan fingerprint density at radius 2 is 1.94 bits per heavy atom. The molecular weight excluding hydrogens is 252 g/mol. The summed E-state index contributed by atoms with van der Waals surface area (Å²) in [5.41, 5.74) is 1.56. The molecule has 1 aromatic carbocycles. The molecule has 0 aliphatic rings. The van der Waals surface area contributed by atoms with Crippen molar-refractivity contribution in [3.8, 4) is 0 Å². The van der Waals surface area contributed by atoms with E-state index in [-0.39, 0.29) is 4.90 Å². The molecular formula is C13H18O4S. The van der Waals surface area contributed by atoms with Crippen LogP contribution in [0.1, 0.15) is 34.8 Å². The maximum Gasteiger partial charge on any atom is 0.338 e. The van der Waals surface area contributed by atoms with Crippen molar-refractivity contribution in [1.82, 2.24) is 0 Å². The molecule has 0 saturated carbocycles. The molecule has 4 nitrogen and oxygen atoms in total. The second-order valence-corrected chi connectivity index (χ2v) is 6.20. The molecule has 1 aromatic rings. The summed E-state index contributed by atoms with van der Waals surface area (Å²) in [6.07, 6.45) is 2.46. The minimum Gasteiger partial charge on any atom is -0.465 e. The Bertz CT molecular complexity index is 559. The molecule has 0 spiro atoms. The lowest BCUT2D eigenvalue weighted by molar-refractivity contribution is 0.0599. The lowest BCUT2D eigenvalue weighted by atomic mass is 10.0. The van der Waals surface area contributed by atoms with Crippen LogP contribution >= 0.6 is 0 Å². The van der Waals surface area contributed by atoms with Crippen LogP contribution in [0.15, 0.2) is 17.0 Å². The first kappa shape index (κ1) is 14.7. The van der Waals surface area contributed by atoms with Gasteiger partial charge in [0.05, 0.1) is 17.6 Å². The fraction of sp³-hybridized carbons (Fsp3) is 0.462. The van der Waals surface area contributed by atoms with Crippen molar-refractivity contribution in [3.05, 3.63) is 28.8 Å². The Kier molecular flexibility index (Phi) is 4.51. The number of hydrogen-bond donors (Lipinski definition) is 0. The van der Waals surface area contributed by atoms with Gasteiger partial charge in [-0.25, -0.2) is 13.2 Å². The molecule has 100 valence electrons. The van der Waals surface area contributed by atoms with Gasteiger partial charge in [0.25, 0.3) is 0 Å². The van der Waals surface area contributed by atoms with Crippen molar-refractivity contribution in [1.29, 1.82) is 0 Å². The highest BCUT2D eigenvalue weighted by Crippen LogP contribution is 2.26. The lowest BCUT2D eigenvalue weighted by Crippen LogP contribution is -2.12. The molecule has 0 atom stereocenters. The summed E-state index contributed by atoms with van der Waals surface area (Å²) in [5.74, 6) is -0.497. The number of esters is 1. The number of hydrogen-bond acceptors (Lipinski definition) is 4. The fourth-order valence-electron chi connectivity index (χ4n) is 2.06. The lowest BCUT2D eigenvalue weighted by Gasteiger charge is -2.14. The molecule has 0 bridgehead atoms. The van der Waals surface area contributed by atoms with Crippen molar-refractivity contribution in [2.24, 2.45) is 0 Å². The third-order valence-corrected chi connectivity index (χ3v) is 4.04. The SMILES string of the molecule is CCCc1c(C(=O)OC)ccc(C)c1S(C)(=O)=O. The predicted molar refractivity (Wildman–Crippen MR) is 69.6 cm³/mol. The minimum atomic E-state index is -3.36. The second-order valence-electron chi connectivity index (χ2n) is 4.25. The maximum atomic E-state index is 11.9. The first-order valence-corrected chi connectivity index (χ1v) is 7.62. The number of carbonyl (C=O) groups is 1. The summed E-state index contributed by atoms with van der Waals surface area (Å²) in [6.45, 7) is 3.67. The van der Waals surface area contributed by atoms with Crippen molar-refractivity contribution in [3.63, 3.8) is 0 Å². The summed E-state index contributed by atoms with van der Waals surface area (Å²) in [7, 11) is -2.07. The average molecular weight is 270 g/mol. The third-order valence-electron chi connectivity index (χ3n) is 2.73. The predicted octanol–water partition coefficient (Wildman–Crippen LogP) is 2.14. The molecule has 5 heteroatoms. The van der Waals surface area contributed by atoms with Gasteiger partial charge in [0.15, 0.2) is 9.84 Å². The van der Waals surface area contributed by atoms with Crippen molar-refractivity contribution in [2.45, 2.75) is 31.6 Å². The molecule has 0 amide bonds. The number of ether oxygens (including phenoxy) is 1. The van der Waals surface area contributed by atoms with E-state index in [1.165, 1.54) is 7.11 Å². The average Bonchev–Trinajstić information content (AvgIpc) is 2.27. The van der Waals surface area contributed by atoms with Gasteiger partial charge in [-0.2, -0.15) is 0 Å². The Balaban J connectivity index is 3.63. The number of sulfone groups is 1. The van der Waals surface area contributed by atoms with Gasteiger partial charge in [-0.15, -0.1) is 0 Å². The zero-order valence-corrected chi connectivity index (χ0v) is 11.9. The van der Waals surface area contributed by atoms with Crippen LogP contribution in [0.2, 0.25) is 0 Å². The van der Waals surface area contributed by atoms with Crippen LogP contribution in [-0.4, -0.2) is 27.8 Å². The van der Waals surface area contributed by atoms with E-state index < -0.39 is 15.8 Å². The van der Waals surface area contributed by atoms with E-state index in [0.717, 1.165) is 12.7 Å². The highest BCUT2D eigenvalue weighted by Gasteiger charge is 2.22. The monoisotopic (exact) mass is 270 g/mol. The maximum absolute atomic E-state index is 11.9. The molecule has 0 saturated heterocycles. The van der Waals surface area contributed by atoms with E-state index in [9.17, 15) is 13.2 Å². The van der Waals surface area contributed by atoms with Crippen molar-refractivity contribution >= 4 is 15.8 Å².